The van der Waals surface area contributed by atoms with Crippen LogP contribution in [0.2, 0.25) is 0 Å². The van der Waals surface area contributed by atoms with Crippen LogP contribution >= 0.6 is 0 Å². The summed E-state index contributed by atoms with van der Waals surface area (Å²) in [5, 5.41) is 2.56. The van der Waals surface area contributed by atoms with Crippen LogP contribution in [0, 0.1) is 0 Å². The molecule has 10 heteroatoms. The Morgan fingerprint density at radius 3 is 2.69 bits per heavy atom. The molecule has 0 aliphatic carbocycles. The van der Waals surface area contributed by atoms with Gasteiger partial charge in [0.2, 0.25) is 0 Å². The number of ether oxygens (including phenoxy) is 2. The molecule has 2 heterocycles. The van der Waals surface area contributed by atoms with Crippen molar-refractivity contribution >= 4 is 17.7 Å². The molecule has 2 aromatic rings. The summed E-state index contributed by atoms with van der Waals surface area (Å²) in [6, 6.07) is 8.64. The van der Waals surface area contributed by atoms with Crippen molar-refractivity contribution in [3.05, 3.63) is 59.4 Å². The van der Waals surface area contributed by atoms with Crippen LogP contribution in [0.5, 0.6) is 0 Å². The predicted octanol–water partition coefficient (Wildman–Crippen LogP) is 4.66. The fourth-order valence-corrected chi connectivity index (χ4v) is 3.12. The van der Waals surface area contributed by atoms with Crippen molar-refractivity contribution in [1.29, 1.82) is 0 Å². The van der Waals surface area contributed by atoms with Crippen molar-refractivity contribution in [3.63, 3.8) is 0 Å². The van der Waals surface area contributed by atoms with Gasteiger partial charge in [-0.2, -0.15) is 13.2 Å². The molecule has 1 atom stereocenters. The maximum Gasteiger partial charge on any atom is 0.433 e. The van der Waals surface area contributed by atoms with Gasteiger partial charge < -0.3 is 19.7 Å². The van der Waals surface area contributed by atoms with E-state index in [2.05, 4.69) is 10.3 Å². The van der Waals surface area contributed by atoms with Crippen LogP contribution < -0.4 is 5.32 Å². The molecule has 7 nitrogen and oxygen atoms in total. The highest BCUT2D eigenvalue weighted by Crippen LogP contribution is 2.28. The lowest BCUT2D eigenvalue weighted by Crippen LogP contribution is -2.42. The van der Waals surface area contributed by atoms with E-state index in [0.29, 0.717) is 38.1 Å². The quantitative estimate of drug-likeness (QED) is 0.646. The summed E-state index contributed by atoms with van der Waals surface area (Å²) in [5.41, 5.74) is -0.0648. The SMILES string of the molecule is CCCCOC(=O)N1CCOC(c2ccc(NC(=O)c3ccnc(C(F)(F)F)c3)cc2)C1. The van der Waals surface area contributed by atoms with Gasteiger partial charge in [-0.1, -0.05) is 25.5 Å². The first-order valence-corrected chi connectivity index (χ1v) is 10.3. The third-order valence-electron chi connectivity index (χ3n) is 4.90. The maximum absolute atomic E-state index is 12.8. The molecular weight excluding hydrogens is 427 g/mol. The molecule has 0 saturated carbocycles. The second kappa shape index (κ2) is 10.4. The molecule has 0 radical (unpaired) electrons. The molecule has 1 aliphatic heterocycles. The lowest BCUT2D eigenvalue weighted by molar-refractivity contribution is -0.141. The number of morpholine rings is 1. The lowest BCUT2D eigenvalue weighted by Gasteiger charge is -2.32. The van der Waals surface area contributed by atoms with Crippen molar-refractivity contribution < 1.29 is 32.2 Å². The predicted molar refractivity (Wildman–Crippen MR) is 110 cm³/mol. The van der Waals surface area contributed by atoms with E-state index in [1.54, 1.807) is 29.2 Å². The number of nitrogens with one attached hydrogen (secondary N) is 1. The summed E-state index contributed by atoms with van der Waals surface area (Å²) in [6.45, 7) is 3.56. The number of halogens is 3. The Balaban J connectivity index is 1.60. The number of pyridine rings is 1. The molecule has 0 spiro atoms. The van der Waals surface area contributed by atoms with Gasteiger partial charge in [0.05, 0.1) is 19.8 Å². The van der Waals surface area contributed by atoms with Gasteiger partial charge in [0, 0.05) is 24.0 Å². The van der Waals surface area contributed by atoms with E-state index in [-0.39, 0.29) is 17.8 Å². The Hall–Kier alpha value is -3.14. The van der Waals surface area contributed by atoms with E-state index in [4.69, 9.17) is 9.47 Å². The van der Waals surface area contributed by atoms with Crippen LogP contribution in [0.3, 0.4) is 0 Å². The molecule has 1 unspecified atom stereocenters. The Morgan fingerprint density at radius 2 is 2.00 bits per heavy atom. The van der Waals surface area contributed by atoms with Crippen molar-refractivity contribution in [2.75, 3.05) is 31.6 Å². The zero-order chi connectivity index (χ0) is 23.1. The number of benzene rings is 1. The van der Waals surface area contributed by atoms with Crippen molar-refractivity contribution in [3.8, 4) is 0 Å². The molecule has 32 heavy (non-hydrogen) atoms. The number of alkyl halides is 3. The topological polar surface area (TPSA) is 80.8 Å². The highest BCUT2D eigenvalue weighted by molar-refractivity contribution is 6.04. The Kier molecular flexibility index (Phi) is 7.68. The first-order valence-electron chi connectivity index (χ1n) is 10.3. The zero-order valence-corrected chi connectivity index (χ0v) is 17.5. The van der Waals surface area contributed by atoms with Crippen LogP contribution in [0.15, 0.2) is 42.6 Å². The van der Waals surface area contributed by atoms with Crippen molar-refractivity contribution in [1.82, 2.24) is 9.88 Å². The second-order valence-electron chi connectivity index (χ2n) is 7.28. The van der Waals surface area contributed by atoms with E-state index in [1.807, 2.05) is 6.92 Å². The normalized spacial score (nSPS) is 16.5. The van der Waals surface area contributed by atoms with Gasteiger partial charge in [-0.25, -0.2) is 4.79 Å². The zero-order valence-electron chi connectivity index (χ0n) is 17.5. The molecule has 172 valence electrons. The first-order chi connectivity index (χ1) is 15.3. The molecular formula is C22H24F3N3O4. The van der Waals surface area contributed by atoms with E-state index in [1.165, 1.54) is 6.07 Å². The van der Waals surface area contributed by atoms with Gasteiger partial charge >= 0.3 is 12.3 Å². The summed E-state index contributed by atoms with van der Waals surface area (Å²) < 4.78 is 49.4. The highest BCUT2D eigenvalue weighted by atomic mass is 19.4. The Morgan fingerprint density at radius 1 is 1.25 bits per heavy atom. The molecule has 1 aliphatic rings. The number of amides is 2. The smallest absolute Gasteiger partial charge is 0.433 e. The van der Waals surface area contributed by atoms with Crippen molar-refractivity contribution in [2.24, 2.45) is 0 Å². The summed E-state index contributed by atoms with van der Waals surface area (Å²) in [6.07, 6.45) is -2.65. The summed E-state index contributed by atoms with van der Waals surface area (Å²) in [7, 11) is 0. The maximum atomic E-state index is 12.8. The first kappa shape index (κ1) is 23.5. The number of carbonyl (C=O) groups is 2. The highest BCUT2D eigenvalue weighted by Gasteiger charge is 2.33. The third kappa shape index (κ3) is 6.19. The number of rotatable bonds is 6. The molecule has 1 saturated heterocycles. The van der Waals surface area contributed by atoms with Crippen LogP contribution in [0.25, 0.3) is 0 Å². The van der Waals surface area contributed by atoms with E-state index < -0.39 is 17.8 Å². The molecule has 1 fully saturated rings. The van der Waals surface area contributed by atoms with Crippen LogP contribution in [-0.2, 0) is 15.7 Å². The van der Waals surface area contributed by atoms with Gasteiger partial charge in [0.1, 0.15) is 11.8 Å². The number of hydrogen-bond donors (Lipinski definition) is 1. The minimum atomic E-state index is -4.63. The monoisotopic (exact) mass is 451 g/mol. The molecule has 0 bridgehead atoms. The van der Waals surface area contributed by atoms with E-state index >= 15 is 0 Å². The van der Waals surface area contributed by atoms with Crippen LogP contribution in [0.1, 0.15) is 47.5 Å². The number of nitrogens with zero attached hydrogens (tertiary/aromatic N) is 2. The van der Waals surface area contributed by atoms with Gasteiger partial charge in [-0.3, -0.25) is 9.78 Å². The van der Waals surface area contributed by atoms with Crippen molar-refractivity contribution in [2.45, 2.75) is 32.0 Å². The summed E-state index contributed by atoms with van der Waals surface area (Å²) in [4.78, 5) is 29.3. The second-order valence-corrected chi connectivity index (χ2v) is 7.28. The average molecular weight is 451 g/mol. The molecule has 2 amide bonds. The number of hydrogen-bond acceptors (Lipinski definition) is 5. The molecule has 1 aromatic carbocycles. The number of aromatic nitrogens is 1. The summed E-state index contributed by atoms with van der Waals surface area (Å²) >= 11 is 0. The fraction of sp³-hybridized carbons (Fsp3) is 0.409. The number of unbranched alkanes of at least 4 members (excludes halogenated alkanes) is 1. The molecule has 1 aromatic heterocycles. The minimum absolute atomic E-state index is 0.149. The van der Waals surface area contributed by atoms with Gasteiger partial charge in [0.25, 0.3) is 5.91 Å². The number of anilines is 1. The summed E-state index contributed by atoms with van der Waals surface area (Å²) in [5.74, 6) is -0.680. The Labute approximate surface area is 183 Å². The molecule has 1 N–H and O–H groups in total. The Bertz CT molecular complexity index is 935. The van der Waals surface area contributed by atoms with Gasteiger partial charge in [0.15, 0.2) is 0 Å². The largest absolute Gasteiger partial charge is 0.449 e. The average Bonchev–Trinajstić information content (AvgIpc) is 2.79. The standard InChI is InChI=1S/C22H24F3N3O4/c1-2-3-11-32-21(30)28-10-12-31-18(14-28)15-4-6-17(7-5-15)27-20(29)16-8-9-26-19(13-16)22(23,24)25/h4-9,13,18H,2-3,10-12,14H2,1H3,(H,27,29). The third-order valence-corrected chi connectivity index (χ3v) is 4.90. The number of carbonyl (C=O) groups excluding carboxylic acids is 2. The van der Waals surface area contributed by atoms with Crippen LogP contribution in [-0.4, -0.2) is 48.2 Å². The lowest BCUT2D eigenvalue weighted by atomic mass is 10.1. The minimum Gasteiger partial charge on any atom is -0.449 e. The fourth-order valence-electron chi connectivity index (χ4n) is 3.12. The molecule has 3 rings (SSSR count). The van der Waals surface area contributed by atoms with Gasteiger partial charge in [-0.05, 0) is 36.2 Å². The van der Waals surface area contributed by atoms with E-state index in [9.17, 15) is 22.8 Å². The van der Waals surface area contributed by atoms with E-state index in [0.717, 1.165) is 24.6 Å². The van der Waals surface area contributed by atoms with Gasteiger partial charge in [-0.15, -0.1) is 0 Å². The van der Waals surface area contributed by atoms with Crippen LogP contribution in [0.4, 0.5) is 23.7 Å².